The quantitative estimate of drug-likeness (QED) is 0.0262. The van der Waals surface area contributed by atoms with Crippen molar-refractivity contribution < 1.29 is 28.6 Å². The Morgan fingerprint density at radius 2 is 0.571 bits per heavy atom. The summed E-state index contributed by atoms with van der Waals surface area (Å²) < 4.78 is 16.8. The summed E-state index contributed by atoms with van der Waals surface area (Å²) in [6, 6.07) is 0. The molecule has 0 amide bonds. The summed E-state index contributed by atoms with van der Waals surface area (Å²) in [6.07, 6.45) is 63.4. The van der Waals surface area contributed by atoms with Crippen molar-refractivity contribution in [3.63, 3.8) is 0 Å². The molecule has 0 aromatic carbocycles. The Hall–Kier alpha value is -2.89. The maximum Gasteiger partial charge on any atom is 0.306 e. The van der Waals surface area contributed by atoms with Gasteiger partial charge in [0.2, 0.25) is 0 Å². The molecule has 63 heavy (non-hydrogen) atoms. The molecule has 0 bridgehead atoms. The van der Waals surface area contributed by atoms with E-state index in [0.29, 0.717) is 19.3 Å². The predicted molar refractivity (Wildman–Crippen MR) is 270 cm³/mol. The Labute approximate surface area is 390 Å². The van der Waals surface area contributed by atoms with E-state index in [1.165, 1.54) is 141 Å². The Balaban J connectivity index is 4.46. The van der Waals surface area contributed by atoms with E-state index in [1.807, 2.05) is 0 Å². The van der Waals surface area contributed by atoms with Crippen LogP contribution in [-0.4, -0.2) is 37.2 Å². The van der Waals surface area contributed by atoms with Gasteiger partial charge < -0.3 is 14.2 Å². The van der Waals surface area contributed by atoms with Crippen molar-refractivity contribution in [3.05, 3.63) is 60.8 Å². The van der Waals surface area contributed by atoms with E-state index in [-0.39, 0.29) is 37.5 Å². The van der Waals surface area contributed by atoms with Gasteiger partial charge in [-0.05, 0) is 109 Å². The zero-order valence-corrected chi connectivity index (χ0v) is 41.6. The first-order chi connectivity index (χ1) is 31.0. The normalized spacial score (nSPS) is 12.5. The van der Waals surface area contributed by atoms with Crippen LogP contribution < -0.4 is 0 Å². The molecule has 0 aliphatic carbocycles. The Morgan fingerprint density at radius 1 is 0.317 bits per heavy atom. The first-order valence-electron chi connectivity index (χ1n) is 26.8. The standard InChI is InChI=1S/C57H100O6/c1-4-7-10-13-16-19-22-25-28-31-34-37-40-43-46-49-55(58)61-52-54(63-57(60)51-48-45-42-39-36-33-30-27-24-21-18-15-12-9-6-3)53-62-56(59)50-47-44-41-38-35-32-29-26-23-20-17-14-11-8-5-2/h18,21,25-30,36,39,54H,4-17,19-20,22-24,31-35,37-38,40-53H2,1-3H3/b21-18-,28-25?,29-26?,30-27-,39-36-. The second-order valence-corrected chi connectivity index (χ2v) is 17.8. The summed E-state index contributed by atoms with van der Waals surface area (Å²) in [4.78, 5) is 38.0. The molecule has 0 spiro atoms. The van der Waals surface area contributed by atoms with Crippen LogP contribution in [0.15, 0.2) is 60.8 Å². The van der Waals surface area contributed by atoms with Crippen molar-refractivity contribution in [3.8, 4) is 0 Å². The molecule has 0 aliphatic heterocycles. The molecular formula is C57H100O6. The van der Waals surface area contributed by atoms with E-state index >= 15 is 0 Å². The zero-order chi connectivity index (χ0) is 45.8. The van der Waals surface area contributed by atoms with E-state index < -0.39 is 6.10 Å². The number of ether oxygens (including phenoxy) is 3. The second kappa shape index (κ2) is 51.7. The largest absolute Gasteiger partial charge is 0.462 e. The number of carbonyl (C=O) groups is 3. The summed E-state index contributed by atoms with van der Waals surface area (Å²) in [7, 11) is 0. The second-order valence-electron chi connectivity index (χ2n) is 17.8. The molecular weight excluding hydrogens is 781 g/mol. The monoisotopic (exact) mass is 881 g/mol. The summed E-state index contributed by atoms with van der Waals surface area (Å²) in [5.74, 6) is -0.945. The van der Waals surface area contributed by atoms with Gasteiger partial charge in [-0.15, -0.1) is 0 Å². The average Bonchev–Trinajstić information content (AvgIpc) is 3.28. The van der Waals surface area contributed by atoms with Crippen LogP contribution in [0.3, 0.4) is 0 Å². The number of rotatable bonds is 48. The molecule has 0 N–H and O–H groups in total. The van der Waals surface area contributed by atoms with E-state index in [1.54, 1.807) is 0 Å². The molecule has 0 rings (SSSR count). The van der Waals surface area contributed by atoms with Gasteiger partial charge in [-0.1, -0.05) is 197 Å². The highest BCUT2D eigenvalue weighted by Crippen LogP contribution is 2.14. The van der Waals surface area contributed by atoms with Crippen molar-refractivity contribution in [2.24, 2.45) is 0 Å². The van der Waals surface area contributed by atoms with Gasteiger partial charge in [-0.3, -0.25) is 14.4 Å². The molecule has 364 valence electrons. The molecule has 0 saturated carbocycles. The third-order valence-corrected chi connectivity index (χ3v) is 11.5. The SMILES string of the molecule is CCCCC/C=C\C/C=C\C/C=C\CCCCC(=O)OC(COC(=O)CCCCCCCC=CCCCCCCCC)COC(=O)CCCCCCCC=CCCCCCCCC. The number of hydrogen-bond donors (Lipinski definition) is 0. The minimum Gasteiger partial charge on any atom is -0.462 e. The van der Waals surface area contributed by atoms with Crippen LogP contribution in [0, 0.1) is 0 Å². The number of allylic oxidation sites excluding steroid dienone is 10. The first-order valence-corrected chi connectivity index (χ1v) is 26.8. The Bertz CT molecular complexity index is 1090. The van der Waals surface area contributed by atoms with Gasteiger partial charge >= 0.3 is 17.9 Å². The van der Waals surface area contributed by atoms with Gasteiger partial charge in [0.25, 0.3) is 0 Å². The number of carbonyl (C=O) groups excluding carboxylic acids is 3. The van der Waals surface area contributed by atoms with Crippen LogP contribution in [0.4, 0.5) is 0 Å². The highest BCUT2D eigenvalue weighted by atomic mass is 16.6. The van der Waals surface area contributed by atoms with Gasteiger partial charge in [0.15, 0.2) is 6.10 Å². The highest BCUT2D eigenvalue weighted by Gasteiger charge is 2.19. The van der Waals surface area contributed by atoms with Gasteiger partial charge in [0.05, 0.1) is 0 Å². The lowest BCUT2D eigenvalue weighted by atomic mass is 10.1. The lowest BCUT2D eigenvalue weighted by Gasteiger charge is -2.18. The molecule has 0 atom stereocenters. The van der Waals surface area contributed by atoms with Gasteiger partial charge in [-0.25, -0.2) is 0 Å². The van der Waals surface area contributed by atoms with E-state index in [0.717, 1.165) is 77.0 Å². The third kappa shape index (κ3) is 50.0. The summed E-state index contributed by atoms with van der Waals surface area (Å²) >= 11 is 0. The molecule has 0 heterocycles. The van der Waals surface area contributed by atoms with Crippen LogP contribution in [0.2, 0.25) is 0 Å². The van der Waals surface area contributed by atoms with Crippen molar-refractivity contribution in [2.75, 3.05) is 13.2 Å². The van der Waals surface area contributed by atoms with Crippen molar-refractivity contribution in [1.82, 2.24) is 0 Å². The lowest BCUT2D eigenvalue weighted by Crippen LogP contribution is -2.30. The molecule has 6 nitrogen and oxygen atoms in total. The molecule has 0 aromatic heterocycles. The number of hydrogen-bond acceptors (Lipinski definition) is 6. The lowest BCUT2D eigenvalue weighted by molar-refractivity contribution is -0.167. The zero-order valence-electron chi connectivity index (χ0n) is 41.6. The number of esters is 3. The van der Waals surface area contributed by atoms with Crippen LogP contribution in [0.25, 0.3) is 0 Å². The summed E-state index contributed by atoms with van der Waals surface area (Å²) in [5.41, 5.74) is 0. The average molecular weight is 881 g/mol. The third-order valence-electron chi connectivity index (χ3n) is 11.5. The molecule has 0 radical (unpaired) electrons. The molecule has 6 heteroatoms. The van der Waals surface area contributed by atoms with E-state index in [4.69, 9.17) is 14.2 Å². The van der Waals surface area contributed by atoms with Crippen LogP contribution in [0.5, 0.6) is 0 Å². The molecule has 0 unspecified atom stereocenters. The van der Waals surface area contributed by atoms with Crippen LogP contribution in [0.1, 0.15) is 265 Å². The fourth-order valence-corrected chi connectivity index (χ4v) is 7.38. The smallest absolute Gasteiger partial charge is 0.306 e. The molecule has 0 fully saturated rings. The van der Waals surface area contributed by atoms with Crippen LogP contribution >= 0.6 is 0 Å². The maximum absolute atomic E-state index is 12.8. The Kier molecular flexibility index (Phi) is 49.4. The van der Waals surface area contributed by atoms with E-state index in [9.17, 15) is 14.4 Å². The molecule has 0 aromatic rings. The Morgan fingerprint density at radius 3 is 0.968 bits per heavy atom. The summed E-state index contributed by atoms with van der Waals surface area (Å²) in [5, 5.41) is 0. The van der Waals surface area contributed by atoms with Crippen LogP contribution in [-0.2, 0) is 28.6 Å². The van der Waals surface area contributed by atoms with Gasteiger partial charge in [0.1, 0.15) is 13.2 Å². The summed E-state index contributed by atoms with van der Waals surface area (Å²) in [6.45, 7) is 6.56. The first kappa shape index (κ1) is 60.1. The molecule has 0 aliphatic rings. The van der Waals surface area contributed by atoms with Crippen molar-refractivity contribution >= 4 is 17.9 Å². The minimum atomic E-state index is -0.800. The number of unbranched alkanes of at least 4 members (excludes halogenated alkanes) is 27. The minimum absolute atomic E-state index is 0.0960. The molecule has 0 saturated heterocycles. The van der Waals surface area contributed by atoms with Gasteiger partial charge in [0, 0.05) is 19.3 Å². The fraction of sp³-hybridized carbons (Fsp3) is 0.772. The topological polar surface area (TPSA) is 78.9 Å². The predicted octanol–water partition coefficient (Wildman–Crippen LogP) is 17.6. The van der Waals surface area contributed by atoms with Crippen molar-refractivity contribution in [1.29, 1.82) is 0 Å². The van der Waals surface area contributed by atoms with Gasteiger partial charge in [-0.2, -0.15) is 0 Å². The van der Waals surface area contributed by atoms with Crippen molar-refractivity contribution in [2.45, 2.75) is 271 Å². The highest BCUT2D eigenvalue weighted by molar-refractivity contribution is 5.71. The van der Waals surface area contributed by atoms with E-state index in [2.05, 4.69) is 81.5 Å². The maximum atomic E-state index is 12.8. The fourth-order valence-electron chi connectivity index (χ4n) is 7.38.